The first kappa shape index (κ1) is 24.2. The zero-order valence-corrected chi connectivity index (χ0v) is 21.8. The van der Waals surface area contributed by atoms with Crippen LogP contribution in [0.5, 0.6) is 11.5 Å². The number of pyridine rings is 2. The standard InChI is InChI=1S/C24H26N8O2S2/c1-15-4-5-19(12-25-15)35-20-10-21(34-18-11-27-31(3)14-18)23(26-13-20)29-24-28-22(30-36-24)17-6-8-32(9-7-17)16(2)33/h4-5,10-14,17H,6-9H2,1-3H3,(H,26,28,29,30). The van der Waals surface area contributed by atoms with Gasteiger partial charge in [-0.1, -0.05) is 11.8 Å². The summed E-state index contributed by atoms with van der Waals surface area (Å²) in [5.74, 6) is 2.87. The molecule has 1 aliphatic rings. The third kappa shape index (κ3) is 5.82. The molecule has 0 atom stereocenters. The molecule has 0 saturated carbocycles. The maximum Gasteiger partial charge on any atom is 0.219 e. The highest BCUT2D eigenvalue weighted by atomic mass is 32.2. The number of rotatable bonds is 7. The monoisotopic (exact) mass is 522 g/mol. The smallest absolute Gasteiger partial charge is 0.219 e. The Morgan fingerprint density at radius 1 is 1.17 bits per heavy atom. The third-order valence-corrected chi connectivity index (χ3v) is 7.41. The molecule has 36 heavy (non-hydrogen) atoms. The number of nitrogens with one attached hydrogen (secondary N) is 1. The van der Waals surface area contributed by atoms with Gasteiger partial charge in [-0.25, -0.2) is 9.97 Å². The van der Waals surface area contributed by atoms with Gasteiger partial charge in [0.15, 0.2) is 17.3 Å². The maximum atomic E-state index is 11.6. The Morgan fingerprint density at radius 3 is 2.67 bits per heavy atom. The van der Waals surface area contributed by atoms with Crippen molar-refractivity contribution in [1.29, 1.82) is 0 Å². The second kappa shape index (κ2) is 10.6. The van der Waals surface area contributed by atoms with Crippen molar-refractivity contribution in [3.8, 4) is 11.5 Å². The molecule has 0 aromatic carbocycles. The zero-order chi connectivity index (χ0) is 25.1. The number of hydrogen-bond acceptors (Lipinski definition) is 10. The molecule has 4 aromatic heterocycles. The summed E-state index contributed by atoms with van der Waals surface area (Å²) >= 11 is 2.85. The summed E-state index contributed by atoms with van der Waals surface area (Å²) in [5, 5.41) is 8.11. The van der Waals surface area contributed by atoms with Crippen molar-refractivity contribution in [1.82, 2.24) is 34.0 Å². The van der Waals surface area contributed by atoms with E-state index < -0.39 is 0 Å². The van der Waals surface area contributed by atoms with Crippen molar-refractivity contribution >= 4 is 40.2 Å². The average Bonchev–Trinajstić information content (AvgIpc) is 3.51. The summed E-state index contributed by atoms with van der Waals surface area (Å²) in [6, 6.07) is 5.95. The maximum absolute atomic E-state index is 11.6. The average molecular weight is 523 g/mol. The minimum Gasteiger partial charge on any atom is -0.450 e. The summed E-state index contributed by atoms with van der Waals surface area (Å²) in [5.41, 5.74) is 0.971. The van der Waals surface area contributed by atoms with Gasteiger partial charge in [0.1, 0.15) is 5.82 Å². The van der Waals surface area contributed by atoms with E-state index in [4.69, 9.17) is 9.72 Å². The Balaban J connectivity index is 1.34. The lowest BCUT2D eigenvalue weighted by molar-refractivity contribution is -0.129. The van der Waals surface area contributed by atoms with Crippen LogP contribution in [0.2, 0.25) is 0 Å². The fourth-order valence-electron chi connectivity index (χ4n) is 3.89. The van der Waals surface area contributed by atoms with Crippen molar-refractivity contribution in [2.75, 3.05) is 18.4 Å². The van der Waals surface area contributed by atoms with E-state index >= 15 is 0 Å². The van der Waals surface area contributed by atoms with E-state index in [9.17, 15) is 4.79 Å². The number of likely N-dealkylation sites (tertiary alicyclic amines) is 1. The van der Waals surface area contributed by atoms with Crippen LogP contribution in [0.1, 0.15) is 37.2 Å². The molecule has 0 bridgehead atoms. The summed E-state index contributed by atoms with van der Waals surface area (Å²) in [6.07, 6.45) is 8.82. The molecular weight excluding hydrogens is 496 g/mol. The minimum atomic E-state index is 0.120. The number of carbonyl (C=O) groups is 1. The number of piperidine rings is 1. The van der Waals surface area contributed by atoms with Crippen LogP contribution in [0.4, 0.5) is 10.9 Å². The van der Waals surface area contributed by atoms with Gasteiger partial charge in [-0.15, -0.1) is 0 Å². The Labute approximate surface area is 217 Å². The van der Waals surface area contributed by atoms with Gasteiger partial charge in [0, 0.05) is 78.5 Å². The lowest BCUT2D eigenvalue weighted by Crippen LogP contribution is -2.36. The van der Waals surface area contributed by atoms with E-state index in [2.05, 4.69) is 24.8 Å². The zero-order valence-electron chi connectivity index (χ0n) is 20.2. The van der Waals surface area contributed by atoms with Crippen LogP contribution >= 0.6 is 23.3 Å². The van der Waals surface area contributed by atoms with Crippen molar-refractivity contribution in [3.05, 3.63) is 54.5 Å². The SMILES string of the molecule is CC(=O)N1CCC(c2nsc(Nc3ncc(Sc4ccc(C)nc4)cc3Oc3cnn(C)c3)n2)CC1. The van der Waals surface area contributed by atoms with E-state index in [0.29, 0.717) is 22.4 Å². The lowest BCUT2D eigenvalue weighted by Gasteiger charge is -2.29. The molecule has 10 nitrogen and oxygen atoms in total. The second-order valence-corrected chi connectivity index (χ2v) is 10.5. The largest absolute Gasteiger partial charge is 0.450 e. The quantitative estimate of drug-likeness (QED) is 0.366. The van der Waals surface area contributed by atoms with Gasteiger partial charge in [0.05, 0.1) is 12.4 Å². The molecule has 1 saturated heterocycles. The van der Waals surface area contributed by atoms with Gasteiger partial charge in [0.2, 0.25) is 11.0 Å². The van der Waals surface area contributed by atoms with Crippen LogP contribution in [0.25, 0.3) is 0 Å². The lowest BCUT2D eigenvalue weighted by atomic mass is 9.96. The first-order chi connectivity index (χ1) is 17.4. The number of carbonyl (C=O) groups excluding carboxylic acids is 1. The first-order valence-electron chi connectivity index (χ1n) is 11.6. The molecule has 0 spiro atoms. The van der Waals surface area contributed by atoms with Crippen molar-refractivity contribution < 1.29 is 9.53 Å². The number of anilines is 2. The highest BCUT2D eigenvalue weighted by Gasteiger charge is 2.25. The number of ether oxygens (including phenoxy) is 1. The van der Waals surface area contributed by atoms with Gasteiger partial charge in [0.25, 0.3) is 0 Å². The summed E-state index contributed by atoms with van der Waals surface area (Å²) in [4.78, 5) is 29.1. The normalized spacial score (nSPS) is 14.1. The Hall–Kier alpha value is -3.51. The van der Waals surface area contributed by atoms with E-state index in [1.807, 2.05) is 43.3 Å². The number of aryl methyl sites for hydroxylation is 2. The van der Waals surface area contributed by atoms with Gasteiger partial charge in [-0.2, -0.15) is 9.47 Å². The minimum absolute atomic E-state index is 0.120. The van der Waals surface area contributed by atoms with Crippen molar-refractivity contribution in [2.45, 2.75) is 42.4 Å². The summed E-state index contributed by atoms with van der Waals surface area (Å²) in [6.45, 7) is 5.05. The number of nitrogens with zero attached hydrogens (tertiary/aromatic N) is 7. The molecule has 1 fully saturated rings. The number of amides is 1. The van der Waals surface area contributed by atoms with E-state index in [0.717, 1.165) is 47.2 Å². The molecule has 12 heteroatoms. The van der Waals surface area contributed by atoms with Crippen molar-refractivity contribution in [2.24, 2.45) is 7.05 Å². The molecule has 5 heterocycles. The molecule has 0 radical (unpaired) electrons. The van der Waals surface area contributed by atoms with Crippen LogP contribution < -0.4 is 10.1 Å². The molecular formula is C24H26N8O2S2. The Morgan fingerprint density at radius 2 is 1.97 bits per heavy atom. The van der Waals surface area contributed by atoms with Crippen LogP contribution in [-0.2, 0) is 11.8 Å². The van der Waals surface area contributed by atoms with Gasteiger partial charge < -0.3 is 15.0 Å². The Bertz CT molecular complexity index is 1350. The van der Waals surface area contributed by atoms with Gasteiger partial charge in [-0.3, -0.25) is 14.5 Å². The van der Waals surface area contributed by atoms with Crippen LogP contribution in [0.15, 0.2) is 52.8 Å². The first-order valence-corrected chi connectivity index (χ1v) is 13.1. The summed E-state index contributed by atoms with van der Waals surface area (Å²) < 4.78 is 12.4. The van der Waals surface area contributed by atoms with Gasteiger partial charge >= 0.3 is 0 Å². The van der Waals surface area contributed by atoms with Crippen molar-refractivity contribution in [3.63, 3.8) is 0 Å². The van der Waals surface area contributed by atoms with E-state index in [1.54, 1.807) is 42.0 Å². The predicted octanol–water partition coefficient (Wildman–Crippen LogP) is 4.78. The molecule has 5 rings (SSSR count). The Kier molecular flexibility index (Phi) is 7.14. The predicted molar refractivity (Wildman–Crippen MR) is 138 cm³/mol. The number of hydrogen-bond donors (Lipinski definition) is 1. The highest BCUT2D eigenvalue weighted by Crippen LogP contribution is 2.37. The third-order valence-electron chi connectivity index (χ3n) is 5.83. The second-order valence-electron chi connectivity index (χ2n) is 8.57. The topological polar surface area (TPSA) is 111 Å². The molecule has 1 aliphatic heterocycles. The van der Waals surface area contributed by atoms with Crippen LogP contribution in [-0.4, -0.2) is 53.0 Å². The molecule has 0 unspecified atom stereocenters. The molecule has 186 valence electrons. The van der Waals surface area contributed by atoms with Crippen LogP contribution in [0, 0.1) is 6.92 Å². The highest BCUT2D eigenvalue weighted by molar-refractivity contribution is 7.99. The molecule has 1 amide bonds. The molecule has 0 aliphatic carbocycles. The van der Waals surface area contributed by atoms with E-state index in [1.165, 1.54) is 11.5 Å². The molecule has 4 aromatic rings. The van der Waals surface area contributed by atoms with Crippen LogP contribution in [0.3, 0.4) is 0 Å². The number of aromatic nitrogens is 6. The fraction of sp³-hybridized carbons (Fsp3) is 0.333. The summed E-state index contributed by atoms with van der Waals surface area (Å²) in [7, 11) is 1.84. The fourth-order valence-corrected chi connectivity index (χ4v) is 5.32. The van der Waals surface area contributed by atoms with E-state index in [-0.39, 0.29) is 11.8 Å². The molecule has 1 N–H and O–H groups in total. The van der Waals surface area contributed by atoms with Gasteiger partial charge in [-0.05, 0) is 31.9 Å².